The Bertz CT molecular complexity index is 703. The van der Waals surface area contributed by atoms with Crippen LogP contribution in [0.4, 0.5) is 0 Å². The fourth-order valence-electron chi connectivity index (χ4n) is 3.10. The molecule has 0 saturated heterocycles. The number of nitrogens with zero attached hydrogens (tertiary/aromatic N) is 1. The van der Waals surface area contributed by atoms with Gasteiger partial charge in [0.25, 0.3) is 0 Å². The molecule has 1 saturated carbocycles. The topological polar surface area (TPSA) is 61.4 Å². The minimum atomic E-state index is 0.828. The van der Waals surface area contributed by atoms with E-state index in [1.807, 2.05) is 7.05 Å². The molecule has 0 unspecified atom stereocenters. The number of benzene rings is 1. The molecule has 0 aliphatic heterocycles. The van der Waals surface area contributed by atoms with E-state index in [2.05, 4.69) is 51.9 Å². The molecule has 1 heterocycles. The average molecular weight is 342 g/mol. The van der Waals surface area contributed by atoms with Crippen molar-refractivity contribution in [2.24, 2.45) is 10.9 Å². The molecular formula is C20H30N4O. The number of aliphatic imine (C=N–C) groups is 1. The number of H-pyrrole nitrogens is 1. The van der Waals surface area contributed by atoms with Crippen LogP contribution in [0.2, 0.25) is 0 Å². The molecule has 3 N–H and O–H groups in total. The van der Waals surface area contributed by atoms with Crippen LogP contribution in [0.15, 0.2) is 29.4 Å². The Morgan fingerprint density at radius 2 is 2.12 bits per heavy atom. The first-order chi connectivity index (χ1) is 12.3. The van der Waals surface area contributed by atoms with Crippen LogP contribution in [0.25, 0.3) is 10.9 Å². The summed E-state index contributed by atoms with van der Waals surface area (Å²) in [5, 5.41) is 8.10. The van der Waals surface area contributed by atoms with Gasteiger partial charge < -0.3 is 20.4 Å². The summed E-state index contributed by atoms with van der Waals surface area (Å²) < 4.78 is 5.65. The number of hydrogen-bond donors (Lipinski definition) is 3. The molecule has 0 atom stereocenters. The van der Waals surface area contributed by atoms with Crippen LogP contribution in [-0.4, -0.2) is 44.3 Å². The molecule has 0 radical (unpaired) electrons. The fraction of sp³-hybridized carbons (Fsp3) is 0.550. The van der Waals surface area contributed by atoms with Crippen LogP contribution in [0.1, 0.15) is 30.4 Å². The number of aromatic amines is 1. The maximum Gasteiger partial charge on any atom is 0.190 e. The number of fused-ring (bicyclic) bond motifs is 1. The molecule has 1 aliphatic rings. The van der Waals surface area contributed by atoms with Gasteiger partial charge in [0, 0.05) is 50.5 Å². The number of nitrogens with one attached hydrogen (secondary N) is 3. The SMILES string of the molecule is CN=C(NCCCOCC1CC1)NCCc1c[nH]c2cccc(C)c12. The maximum absolute atomic E-state index is 5.65. The third kappa shape index (κ3) is 5.23. The number of ether oxygens (including phenoxy) is 1. The van der Waals surface area contributed by atoms with Gasteiger partial charge in [-0.1, -0.05) is 12.1 Å². The molecule has 5 nitrogen and oxygen atoms in total. The molecule has 1 fully saturated rings. The quantitative estimate of drug-likeness (QED) is 0.373. The molecule has 3 rings (SSSR count). The summed E-state index contributed by atoms with van der Waals surface area (Å²) in [7, 11) is 1.81. The Labute approximate surface area is 150 Å². The van der Waals surface area contributed by atoms with Gasteiger partial charge in [-0.3, -0.25) is 4.99 Å². The van der Waals surface area contributed by atoms with Crippen molar-refractivity contribution in [2.75, 3.05) is 33.4 Å². The third-order valence-electron chi connectivity index (χ3n) is 4.71. The van der Waals surface area contributed by atoms with Crippen molar-refractivity contribution in [2.45, 2.75) is 32.6 Å². The predicted molar refractivity (Wildman–Crippen MR) is 104 cm³/mol. The Kier molecular flexibility index (Phi) is 6.34. The standard InChI is InChI=1S/C20H30N4O/c1-15-5-3-6-18-19(15)17(13-24-18)9-11-23-20(21-2)22-10-4-12-25-14-16-7-8-16/h3,5-6,13,16,24H,4,7-12,14H2,1-2H3,(H2,21,22,23). The Morgan fingerprint density at radius 1 is 1.28 bits per heavy atom. The number of rotatable bonds is 9. The number of aryl methyl sites for hydroxylation is 1. The maximum atomic E-state index is 5.65. The first kappa shape index (κ1) is 17.8. The van der Waals surface area contributed by atoms with Crippen molar-refractivity contribution in [3.05, 3.63) is 35.5 Å². The molecule has 0 bridgehead atoms. The molecule has 25 heavy (non-hydrogen) atoms. The smallest absolute Gasteiger partial charge is 0.190 e. The molecule has 1 aromatic carbocycles. The second-order valence-corrected chi connectivity index (χ2v) is 6.86. The predicted octanol–water partition coefficient (Wildman–Crippen LogP) is 3.00. The van der Waals surface area contributed by atoms with Crippen LogP contribution in [0, 0.1) is 12.8 Å². The van der Waals surface area contributed by atoms with Gasteiger partial charge in [0.15, 0.2) is 5.96 Å². The highest BCUT2D eigenvalue weighted by Gasteiger charge is 2.20. The molecule has 1 aliphatic carbocycles. The minimum absolute atomic E-state index is 0.828. The van der Waals surface area contributed by atoms with Gasteiger partial charge in [-0.25, -0.2) is 0 Å². The minimum Gasteiger partial charge on any atom is -0.381 e. The van der Waals surface area contributed by atoms with Crippen LogP contribution in [0.3, 0.4) is 0 Å². The lowest BCUT2D eigenvalue weighted by molar-refractivity contribution is 0.123. The van der Waals surface area contributed by atoms with E-state index in [4.69, 9.17) is 4.74 Å². The largest absolute Gasteiger partial charge is 0.381 e. The van der Waals surface area contributed by atoms with Crippen molar-refractivity contribution >= 4 is 16.9 Å². The molecule has 136 valence electrons. The lowest BCUT2D eigenvalue weighted by Crippen LogP contribution is -2.39. The van der Waals surface area contributed by atoms with Crippen molar-refractivity contribution in [3.8, 4) is 0 Å². The molecule has 2 aromatic rings. The number of guanidine groups is 1. The Morgan fingerprint density at radius 3 is 2.92 bits per heavy atom. The van der Waals surface area contributed by atoms with Gasteiger partial charge >= 0.3 is 0 Å². The van der Waals surface area contributed by atoms with Gasteiger partial charge in [-0.05, 0) is 55.7 Å². The third-order valence-corrected chi connectivity index (χ3v) is 4.71. The van der Waals surface area contributed by atoms with Gasteiger partial charge in [-0.15, -0.1) is 0 Å². The van der Waals surface area contributed by atoms with Crippen LogP contribution in [-0.2, 0) is 11.2 Å². The Balaban J connectivity index is 1.36. The summed E-state index contributed by atoms with van der Waals surface area (Å²) in [6.07, 6.45) is 6.80. The van der Waals surface area contributed by atoms with E-state index in [0.29, 0.717) is 0 Å². The molecular weight excluding hydrogens is 312 g/mol. The van der Waals surface area contributed by atoms with E-state index in [1.165, 1.54) is 34.9 Å². The lowest BCUT2D eigenvalue weighted by Gasteiger charge is -2.12. The highest BCUT2D eigenvalue weighted by atomic mass is 16.5. The van der Waals surface area contributed by atoms with E-state index < -0.39 is 0 Å². The van der Waals surface area contributed by atoms with Crippen molar-refractivity contribution in [1.82, 2.24) is 15.6 Å². The normalized spacial score (nSPS) is 14.9. The van der Waals surface area contributed by atoms with E-state index in [0.717, 1.165) is 51.0 Å². The summed E-state index contributed by atoms with van der Waals surface area (Å²) in [6.45, 7) is 5.68. The van der Waals surface area contributed by atoms with E-state index in [-0.39, 0.29) is 0 Å². The van der Waals surface area contributed by atoms with Gasteiger partial charge in [0.1, 0.15) is 0 Å². The number of aromatic nitrogens is 1. The fourth-order valence-corrected chi connectivity index (χ4v) is 3.10. The second kappa shape index (κ2) is 8.90. The average Bonchev–Trinajstić information content (AvgIpc) is 3.35. The van der Waals surface area contributed by atoms with Crippen molar-refractivity contribution < 1.29 is 4.74 Å². The Hall–Kier alpha value is -2.01. The summed E-state index contributed by atoms with van der Waals surface area (Å²) in [5.74, 6) is 1.70. The van der Waals surface area contributed by atoms with Crippen molar-refractivity contribution in [1.29, 1.82) is 0 Å². The molecule has 1 aromatic heterocycles. The second-order valence-electron chi connectivity index (χ2n) is 6.86. The zero-order valence-corrected chi connectivity index (χ0v) is 15.4. The molecule has 0 amide bonds. The van der Waals surface area contributed by atoms with Crippen LogP contribution < -0.4 is 10.6 Å². The number of hydrogen-bond acceptors (Lipinski definition) is 2. The zero-order valence-electron chi connectivity index (χ0n) is 15.4. The highest BCUT2D eigenvalue weighted by Crippen LogP contribution is 2.28. The summed E-state index contributed by atoms with van der Waals surface area (Å²) in [5.41, 5.74) is 3.88. The highest BCUT2D eigenvalue weighted by molar-refractivity contribution is 5.86. The molecule has 0 spiro atoms. The van der Waals surface area contributed by atoms with Gasteiger partial charge in [0.2, 0.25) is 0 Å². The summed E-state index contributed by atoms with van der Waals surface area (Å²) in [6, 6.07) is 6.39. The van der Waals surface area contributed by atoms with E-state index in [9.17, 15) is 0 Å². The summed E-state index contributed by atoms with van der Waals surface area (Å²) >= 11 is 0. The lowest BCUT2D eigenvalue weighted by atomic mass is 10.1. The van der Waals surface area contributed by atoms with E-state index >= 15 is 0 Å². The van der Waals surface area contributed by atoms with Crippen molar-refractivity contribution in [3.63, 3.8) is 0 Å². The first-order valence-electron chi connectivity index (χ1n) is 9.35. The summed E-state index contributed by atoms with van der Waals surface area (Å²) in [4.78, 5) is 7.65. The van der Waals surface area contributed by atoms with Gasteiger partial charge in [-0.2, -0.15) is 0 Å². The zero-order chi connectivity index (χ0) is 17.5. The van der Waals surface area contributed by atoms with Crippen LogP contribution in [0.5, 0.6) is 0 Å². The van der Waals surface area contributed by atoms with Crippen LogP contribution >= 0.6 is 0 Å². The first-order valence-corrected chi connectivity index (χ1v) is 9.35. The monoisotopic (exact) mass is 342 g/mol. The van der Waals surface area contributed by atoms with E-state index in [1.54, 1.807) is 0 Å². The molecule has 5 heteroatoms. The van der Waals surface area contributed by atoms with Gasteiger partial charge in [0.05, 0.1) is 0 Å².